The van der Waals surface area contributed by atoms with Gasteiger partial charge in [-0.3, -0.25) is 9.36 Å². The summed E-state index contributed by atoms with van der Waals surface area (Å²) in [4.78, 5) is 18.6. The Hall–Kier alpha value is -2.76. The van der Waals surface area contributed by atoms with Gasteiger partial charge < -0.3 is 15.4 Å². The van der Waals surface area contributed by atoms with Crippen LogP contribution in [0.2, 0.25) is 0 Å². The monoisotopic (exact) mass is 398 g/mol. The van der Waals surface area contributed by atoms with Crippen LogP contribution in [-0.2, 0) is 6.42 Å². The summed E-state index contributed by atoms with van der Waals surface area (Å²) in [5.41, 5.74) is 10.2. The van der Waals surface area contributed by atoms with Gasteiger partial charge in [0.2, 0.25) is 11.8 Å². The van der Waals surface area contributed by atoms with E-state index in [1.54, 1.807) is 11.5 Å². The van der Waals surface area contributed by atoms with E-state index in [1.807, 2.05) is 44.3 Å². The van der Waals surface area contributed by atoms with Crippen LogP contribution in [-0.4, -0.2) is 35.2 Å². The Bertz CT molecular complexity index is 849. The number of nitrogens with two attached hydrogens (primary N) is 1. The summed E-state index contributed by atoms with van der Waals surface area (Å²) < 4.78 is 7.62. The van der Waals surface area contributed by atoms with Crippen LogP contribution < -0.4 is 15.4 Å². The van der Waals surface area contributed by atoms with Gasteiger partial charge in [-0.1, -0.05) is 19.9 Å². The fourth-order valence-corrected chi connectivity index (χ4v) is 3.49. The molecular formula is C23H34N4O2. The lowest BCUT2D eigenvalue weighted by atomic mass is 10.1. The van der Waals surface area contributed by atoms with Crippen molar-refractivity contribution in [2.75, 3.05) is 30.3 Å². The summed E-state index contributed by atoms with van der Waals surface area (Å²) in [7, 11) is 0. The van der Waals surface area contributed by atoms with E-state index < -0.39 is 0 Å². The zero-order valence-electron chi connectivity index (χ0n) is 18.4. The van der Waals surface area contributed by atoms with Crippen LogP contribution in [0.4, 0.5) is 11.5 Å². The quantitative estimate of drug-likeness (QED) is 0.627. The number of aromatic nitrogens is 2. The number of allylic oxidation sites excluding steroid dienone is 1. The Morgan fingerprint density at radius 2 is 1.97 bits per heavy atom. The highest BCUT2D eigenvalue weighted by molar-refractivity contribution is 5.80. The van der Waals surface area contributed by atoms with Crippen LogP contribution >= 0.6 is 0 Å². The maximum atomic E-state index is 11.9. The molecule has 2 aromatic heterocycles. The van der Waals surface area contributed by atoms with E-state index in [-0.39, 0.29) is 5.91 Å². The highest BCUT2D eigenvalue weighted by Crippen LogP contribution is 2.24. The Balaban J connectivity index is 2.13. The van der Waals surface area contributed by atoms with Gasteiger partial charge in [-0.05, 0) is 43.9 Å². The fraction of sp³-hybridized carbons (Fsp3) is 0.478. The summed E-state index contributed by atoms with van der Waals surface area (Å²) in [5, 5.41) is 0. The molecule has 0 fully saturated rings. The second kappa shape index (κ2) is 10.7. The molecule has 0 radical (unpaired) electrons. The van der Waals surface area contributed by atoms with E-state index in [4.69, 9.17) is 10.5 Å². The minimum Gasteiger partial charge on any atom is -0.477 e. The standard InChI is InChI=1S/C23H34N4O2/c1-6-9-21-17(4)19(16-27(21)18(5)28)10-13-29-23-15-20(14-22(24)25-23)26(11-7-2)12-8-3/h6,9,14-16H,7-8,10-13H2,1-5H3,(H2,24,25)/b9-6-. The largest absolute Gasteiger partial charge is 0.477 e. The van der Waals surface area contributed by atoms with E-state index >= 15 is 0 Å². The molecule has 0 saturated carbocycles. The Kier molecular flexibility index (Phi) is 8.31. The third kappa shape index (κ3) is 5.86. The molecule has 0 amide bonds. The minimum absolute atomic E-state index is 0.00227. The van der Waals surface area contributed by atoms with E-state index in [1.165, 1.54) is 0 Å². The highest BCUT2D eigenvalue weighted by atomic mass is 16.5. The maximum Gasteiger partial charge on any atom is 0.227 e. The molecule has 0 unspecified atom stereocenters. The molecule has 0 aliphatic carbocycles. The van der Waals surface area contributed by atoms with Gasteiger partial charge in [0.05, 0.1) is 12.3 Å². The average molecular weight is 399 g/mol. The van der Waals surface area contributed by atoms with Gasteiger partial charge in [0.25, 0.3) is 0 Å². The average Bonchev–Trinajstić information content (AvgIpc) is 2.98. The van der Waals surface area contributed by atoms with Gasteiger partial charge in [-0.25, -0.2) is 0 Å². The number of rotatable bonds is 10. The number of hydrogen-bond donors (Lipinski definition) is 1. The molecule has 0 aliphatic heterocycles. The zero-order chi connectivity index (χ0) is 21.4. The molecule has 158 valence electrons. The van der Waals surface area contributed by atoms with Crippen molar-refractivity contribution in [3.05, 3.63) is 41.2 Å². The predicted octanol–water partition coefficient (Wildman–Crippen LogP) is 4.71. The third-order valence-corrected chi connectivity index (χ3v) is 4.85. The van der Waals surface area contributed by atoms with E-state index in [2.05, 4.69) is 23.7 Å². The van der Waals surface area contributed by atoms with Crippen molar-refractivity contribution in [3.8, 4) is 5.88 Å². The van der Waals surface area contributed by atoms with Gasteiger partial charge in [0.15, 0.2) is 0 Å². The van der Waals surface area contributed by atoms with Crippen LogP contribution in [0, 0.1) is 6.92 Å². The van der Waals surface area contributed by atoms with Crippen molar-refractivity contribution >= 4 is 23.5 Å². The third-order valence-electron chi connectivity index (χ3n) is 4.85. The number of hydrogen-bond acceptors (Lipinski definition) is 5. The molecule has 2 N–H and O–H groups in total. The molecule has 29 heavy (non-hydrogen) atoms. The number of ether oxygens (including phenoxy) is 1. The lowest BCUT2D eigenvalue weighted by Gasteiger charge is -2.24. The lowest BCUT2D eigenvalue weighted by Crippen LogP contribution is -2.25. The van der Waals surface area contributed by atoms with Gasteiger partial charge in [-0.2, -0.15) is 4.98 Å². The lowest BCUT2D eigenvalue weighted by molar-refractivity contribution is 0.0936. The van der Waals surface area contributed by atoms with Crippen LogP contribution in [0.1, 0.15) is 62.2 Å². The number of anilines is 2. The molecule has 0 aromatic carbocycles. The first-order chi connectivity index (χ1) is 13.9. The van der Waals surface area contributed by atoms with E-state index in [0.29, 0.717) is 24.7 Å². The van der Waals surface area contributed by atoms with Crippen LogP contribution in [0.25, 0.3) is 6.08 Å². The van der Waals surface area contributed by atoms with Crippen LogP contribution in [0.15, 0.2) is 24.4 Å². The summed E-state index contributed by atoms with van der Waals surface area (Å²) in [6.07, 6.45) is 8.63. The topological polar surface area (TPSA) is 73.4 Å². The van der Waals surface area contributed by atoms with Crippen molar-refractivity contribution < 1.29 is 9.53 Å². The molecule has 0 atom stereocenters. The predicted molar refractivity (Wildman–Crippen MR) is 121 cm³/mol. The van der Waals surface area contributed by atoms with Crippen molar-refractivity contribution in [2.45, 2.75) is 53.9 Å². The zero-order valence-corrected chi connectivity index (χ0v) is 18.4. The van der Waals surface area contributed by atoms with Gasteiger partial charge in [0, 0.05) is 50.5 Å². The fourth-order valence-electron chi connectivity index (χ4n) is 3.49. The number of pyridine rings is 1. The molecule has 0 aliphatic rings. The molecule has 6 heteroatoms. The maximum absolute atomic E-state index is 11.9. The van der Waals surface area contributed by atoms with Crippen molar-refractivity contribution in [1.82, 2.24) is 9.55 Å². The molecule has 0 spiro atoms. The van der Waals surface area contributed by atoms with Gasteiger partial charge >= 0.3 is 0 Å². The summed E-state index contributed by atoms with van der Waals surface area (Å²) in [5.74, 6) is 1.00. The SMILES string of the molecule is C/C=C\c1c(C)c(CCOc2cc(N(CCC)CCC)cc(N)n2)cn1C(C)=O. The van der Waals surface area contributed by atoms with Crippen LogP contribution in [0.3, 0.4) is 0 Å². The first-order valence-electron chi connectivity index (χ1n) is 10.4. The second-order valence-electron chi connectivity index (χ2n) is 7.23. The summed E-state index contributed by atoms with van der Waals surface area (Å²) in [6.45, 7) is 12.3. The van der Waals surface area contributed by atoms with E-state index in [9.17, 15) is 4.79 Å². The minimum atomic E-state index is 0.00227. The Morgan fingerprint density at radius 1 is 1.28 bits per heavy atom. The normalized spacial score (nSPS) is 11.2. The van der Waals surface area contributed by atoms with Crippen molar-refractivity contribution in [3.63, 3.8) is 0 Å². The molecule has 0 bridgehead atoms. The molecule has 6 nitrogen and oxygen atoms in total. The summed E-state index contributed by atoms with van der Waals surface area (Å²) >= 11 is 0. The Morgan fingerprint density at radius 3 is 2.55 bits per heavy atom. The van der Waals surface area contributed by atoms with Crippen LogP contribution in [0.5, 0.6) is 5.88 Å². The second-order valence-corrected chi connectivity index (χ2v) is 7.23. The summed E-state index contributed by atoms with van der Waals surface area (Å²) in [6, 6.07) is 3.86. The van der Waals surface area contributed by atoms with E-state index in [0.717, 1.165) is 48.4 Å². The Labute approximate surface area is 174 Å². The number of carbonyl (C=O) groups is 1. The first kappa shape index (κ1) is 22.5. The smallest absolute Gasteiger partial charge is 0.227 e. The first-order valence-corrected chi connectivity index (χ1v) is 10.4. The molecule has 2 heterocycles. The number of nitrogen functional groups attached to an aromatic ring is 1. The molecule has 2 rings (SSSR count). The van der Waals surface area contributed by atoms with Crippen molar-refractivity contribution in [2.24, 2.45) is 0 Å². The molecule has 0 saturated heterocycles. The molecule has 2 aromatic rings. The van der Waals surface area contributed by atoms with Gasteiger partial charge in [0.1, 0.15) is 5.82 Å². The van der Waals surface area contributed by atoms with Gasteiger partial charge in [-0.15, -0.1) is 0 Å². The number of carbonyl (C=O) groups excluding carboxylic acids is 1. The highest BCUT2D eigenvalue weighted by Gasteiger charge is 2.13. The number of nitrogens with zero attached hydrogens (tertiary/aromatic N) is 3. The molecular weight excluding hydrogens is 364 g/mol. The van der Waals surface area contributed by atoms with Crippen molar-refractivity contribution in [1.29, 1.82) is 0 Å².